The van der Waals surface area contributed by atoms with E-state index in [9.17, 15) is 18.0 Å². The number of benzene rings is 2. The molecule has 5 aromatic rings. The summed E-state index contributed by atoms with van der Waals surface area (Å²) in [7, 11) is 2.02. The number of aryl methyl sites for hydroxylation is 1. The smallest absolute Gasteiger partial charge is 0.416 e. The summed E-state index contributed by atoms with van der Waals surface area (Å²) >= 11 is 0. The molecule has 2 aromatic carbocycles. The van der Waals surface area contributed by atoms with Gasteiger partial charge in [-0.1, -0.05) is 6.07 Å². The first-order valence-electron chi connectivity index (χ1n) is 10.6. The molecular weight excluding hydrogens is 475 g/mol. The van der Waals surface area contributed by atoms with E-state index in [1.807, 2.05) is 31.4 Å². The van der Waals surface area contributed by atoms with Crippen molar-refractivity contribution in [3.63, 3.8) is 0 Å². The second kappa shape index (κ2) is 10.7. The van der Waals surface area contributed by atoms with E-state index in [0.717, 1.165) is 34.5 Å². The first-order valence-corrected chi connectivity index (χ1v) is 10.6. The number of nitrogens with zero attached hydrogens (tertiary/aromatic N) is 6. The number of ether oxygens (including phenoxy) is 1. The van der Waals surface area contributed by atoms with E-state index in [1.54, 1.807) is 23.3 Å². The normalized spacial score (nSPS) is 11.0. The highest BCUT2D eigenvalue weighted by Gasteiger charge is 2.30. The van der Waals surface area contributed by atoms with Crippen LogP contribution in [-0.4, -0.2) is 35.9 Å². The van der Waals surface area contributed by atoms with Crippen LogP contribution in [-0.2, 0) is 24.6 Å². The van der Waals surface area contributed by atoms with E-state index >= 15 is 0 Å². The maximum absolute atomic E-state index is 12.1. The van der Waals surface area contributed by atoms with Gasteiger partial charge in [0.15, 0.2) is 0 Å². The molecule has 9 nitrogen and oxygen atoms in total. The minimum absolute atomic E-state index is 0.129. The van der Waals surface area contributed by atoms with Gasteiger partial charge in [-0.15, -0.1) is 0 Å². The molecule has 0 bridgehead atoms. The number of halogens is 3. The molecular formula is C24H20F3N7O2. The van der Waals surface area contributed by atoms with E-state index in [2.05, 4.69) is 36.1 Å². The van der Waals surface area contributed by atoms with E-state index < -0.39 is 11.7 Å². The van der Waals surface area contributed by atoms with Crippen molar-refractivity contribution < 1.29 is 22.7 Å². The molecule has 0 atom stereocenters. The predicted octanol–water partition coefficient (Wildman–Crippen LogP) is 4.67. The molecule has 3 aromatic heterocycles. The standard InChI is InChI=1S/C16H14N6O.C8H6F3NO/c1-21-7-4-12-8-14(2-3-15(12)21)23-16-9-13(17-11-18-16)10-22-19-5-6-20-22;9-8(10,11)6-2-1-3-7(4-6)12-5-13/h2-9,11H,10H2,1H3;1-5H,(H,12,13). The number of hydrogen-bond acceptors (Lipinski definition) is 6. The number of alkyl halides is 3. The van der Waals surface area contributed by atoms with E-state index in [-0.39, 0.29) is 5.69 Å². The Morgan fingerprint density at radius 1 is 1.03 bits per heavy atom. The molecule has 5 rings (SSSR count). The van der Waals surface area contributed by atoms with Gasteiger partial charge >= 0.3 is 6.18 Å². The van der Waals surface area contributed by atoms with Crippen LogP contribution >= 0.6 is 0 Å². The van der Waals surface area contributed by atoms with Crippen molar-refractivity contribution in [2.75, 3.05) is 5.32 Å². The summed E-state index contributed by atoms with van der Waals surface area (Å²) in [6.07, 6.45) is 2.72. The van der Waals surface area contributed by atoms with E-state index in [4.69, 9.17) is 4.74 Å². The van der Waals surface area contributed by atoms with Gasteiger partial charge in [-0.05, 0) is 42.5 Å². The van der Waals surface area contributed by atoms with E-state index in [1.165, 1.54) is 18.5 Å². The average molecular weight is 495 g/mol. The Bertz CT molecular complexity index is 1450. The highest BCUT2D eigenvalue weighted by Crippen LogP contribution is 2.30. The molecule has 184 valence electrons. The molecule has 1 amide bonds. The SMILES string of the molecule is Cn1ccc2cc(Oc3cc(Cn4nccn4)ncn3)ccc21.O=CNc1cccc(C(F)(F)F)c1. The number of anilines is 1. The van der Waals surface area contributed by atoms with Crippen LogP contribution < -0.4 is 10.1 Å². The van der Waals surface area contributed by atoms with Gasteiger partial charge in [0.25, 0.3) is 0 Å². The Balaban J connectivity index is 0.000000200. The number of hydrogen-bond donors (Lipinski definition) is 1. The molecule has 0 spiro atoms. The quantitative estimate of drug-likeness (QED) is 0.344. The number of fused-ring (bicyclic) bond motifs is 1. The summed E-state index contributed by atoms with van der Waals surface area (Å²) in [5.41, 5.74) is 1.29. The summed E-state index contributed by atoms with van der Waals surface area (Å²) < 4.78 is 44.2. The first kappa shape index (κ1) is 24.4. The van der Waals surface area contributed by atoms with Crippen LogP contribution in [0.4, 0.5) is 18.9 Å². The van der Waals surface area contributed by atoms with Crippen LogP contribution in [0.25, 0.3) is 10.9 Å². The zero-order valence-electron chi connectivity index (χ0n) is 18.9. The molecule has 36 heavy (non-hydrogen) atoms. The number of amides is 1. The van der Waals surface area contributed by atoms with Crippen molar-refractivity contribution in [2.24, 2.45) is 7.05 Å². The van der Waals surface area contributed by atoms with Crippen molar-refractivity contribution in [3.8, 4) is 11.6 Å². The lowest BCUT2D eigenvalue weighted by Crippen LogP contribution is -2.05. The zero-order chi connectivity index (χ0) is 25.5. The van der Waals surface area contributed by atoms with Gasteiger partial charge in [0.1, 0.15) is 18.6 Å². The Morgan fingerprint density at radius 2 is 1.83 bits per heavy atom. The van der Waals surface area contributed by atoms with Crippen LogP contribution in [0, 0.1) is 0 Å². The number of carbonyl (C=O) groups excluding carboxylic acids is 1. The van der Waals surface area contributed by atoms with Gasteiger partial charge in [-0.25, -0.2) is 9.97 Å². The molecule has 0 aliphatic carbocycles. The third kappa shape index (κ3) is 6.23. The van der Waals surface area contributed by atoms with Crippen molar-refractivity contribution in [1.82, 2.24) is 29.5 Å². The van der Waals surface area contributed by atoms with E-state index in [0.29, 0.717) is 18.8 Å². The summed E-state index contributed by atoms with van der Waals surface area (Å²) in [5, 5.41) is 11.4. The largest absolute Gasteiger partial charge is 0.439 e. The van der Waals surface area contributed by atoms with Gasteiger partial charge < -0.3 is 14.6 Å². The highest BCUT2D eigenvalue weighted by atomic mass is 19.4. The fraction of sp³-hybridized carbons (Fsp3) is 0.125. The number of carbonyl (C=O) groups is 1. The molecule has 0 saturated heterocycles. The molecule has 0 fully saturated rings. The summed E-state index contributed by atoms with van der Waals surface area (Å²) in [6, 6.07) is 14.2. The monoisotopic (exact) mass is 495 g/mol. The summed E-state index contributed by atoms with van der Waals surface area (Å²) in [4.78, 5) is 19.9. The maximum atomic E-state index is 12.1. The van der Waals surface area contributed by atoms with Crippen molar-refractivity contribution in [3.05, 3.63) is 90.8 Å². The highest BCUT2D eigenvalue weighted by molar-refractivity contribution is 5.81. The third-order valence-corrected chi connectivity index (χ3v) is 4.96. The van der Waals surface area contributed by atoms with Gasteiger partial charge in [-0.3, -0.25) is 4.79 Å². The Hall–Kier alpha value is -4.74. The fourth-order valence-corrected chi connectivity index (χ4v) is 3.29. The predicted molar refractivity (Wildman–Crippen MR) is 125 cm³/mol. The second-order valence-corrected chi connectivity index (χ2v) is 7.50. The average Bonchev–Trinajstić information content (AvgIpc) is 3.49. The molecule has 0 aliphatic heterocycles. The molecule has 0 radical (unpaired) electrons. The maximum Gasteiger partial charge on any atom is 0.416 e. The Labute approximate surface area is 203 Å². The van der Waals surface area contributed by atoms with Crippen LogP contribution in [0.1, 0.15) is 11.3 Å². The van der Waals surface area contributed by atoms with Crippen molar-refractivity contribution in [1.29, 1.82) is 0 Å². The summed E-state index contributed by atoms with van der Waals surface area (Å²) in [6.45, 7) is 0.476. The lowest BCUT2D eigenvalue weighted by atomic mass is 10.2. The van der Waals surface area contributed by atoms with Crippen molar-refractivity contribution in [2.45, 2.75) is 12.7 Å². The minimum atomic E-state index is -4.37. The molecule has 12 heteroatoms. The Kier molecular flexibility index (Phi) is 7.23. The molecule has 0 aliphatic rings. The van der Waals surface area contributed by atoms with Crippen molar-refractivity contribution >= 4 is 23.0 Å². The third-order valence-electron chi connectivity index (χ3n) is 4.96. The lowest BCUT2D eigenvalue weighted by molar-refractivity contribution is -0.137. The molecule has 0 unspecified atom stereocenters. The van der Waals surface area contributed by atoms with Gasteiger partial charge in [0, 0.05) is 35.9 Å². The lowest BCUT2D eigenvalue weighted by Gasteiger charge is -2.07. The van der Waals surface area contributed by atoms with Gasteiger partial charge in [0.05, 0.1) is 23.7 Å². The summed E-state index contributed by atoms with van der Waals surface area (Å²) in [5.74, 6) is 1.24. The Morgan fingerprint density at radius 3 is 2.58 bits per heavy atom. The van der Waals surface area contributed by atoms with Gasteiger partial charge in [-0.2, -0.15) is 28.2 Å². The number of aromatic nitrogens is 6. The topological polar surface area (TPSA) is 99.8 Å². The molecule has 3 heterocycles. The fourth-order valence-electron chi connectivity index (χ4n) is 3.29. The van der Waals surface area contributed by atoms with Crippen LogP contribution in [0.5, 0.6) is 11.6 Å². The molecule has 1 N–H and O–H groups in total. The van der Waals surface area contributed by atoms with Gasteiger partial charge in [0.2, 0.25) is 12.3 Å². The minimum Gasteiger partial charge on any atom is -0.439 e. The van der Waals surface area contributed by atoms with Crippen LogP contribution in [0.2, 0.25) is 0 Å². The second-order valence-electron chi connectivity index (χ2n) is 7.50. The molecule has 0 saturated carbocycles. The van der Waals surface area contributed by atoms with Crippen LogP contribution in [0.3, 0.4) is 0 Å². The zero-order valence-corrected chi connectivity index (χ0v) is 18.9. The first-order chi connectivity index (χ1) is 17.3. The number of rotatable bonds is 6. The van der Waals surface area contributed by atoms with Crippen LogP contribution in [0.15, 0.2) is 79.5 Å². The number of nitrogens with one attached hydrogen (secondary N) is 1.